The van der Waals surface area contributed by atoms with E-state index >= 15 is 0 Å². The molecule has 1 unspecified atom stereocenters. The van der Waals surface area contributed by atoms with Gasteiger partial charge in [-0.15, -0.1) is 0 Å². The molecule has 0 aromatic heterocycles. The molecule has 0 heterocycles. The first-order valence-corrected chi connectivity index (χ1v) is 3.44. The molecular formula is C2H4BPS. The molecule has 0 radical (unpaired) electrons. The average molecular weight is 102 g/mol. The van der Waals surface area contributed by atoms with Gasteiger partial charge in [0, 0.05) is 0 Å². The van der Waals surface area contributed by atoms with Gasteiger partial charge in [0.15, 0.2) is 0 Å². The van der Waals surface area contributed by atoms with Gasteiger partial charge in [-0.05, 0) is 0 Å². The second-order valence-corrected chi connectivity index (χ2v) is 1.80. The summed E-state index contributed by atoms with van der Waals surface area (Å²) < 4.78 is 0. The Labute approximate surface area is 38.5 Å². The molecule has 0 rings (SSSR count). The summed E-state index contributed by atoms with van der Waals surface area (Å²) >= 11 is 4.55. The van der Waals surface area contributed by atoms with E-state index in [-0.39, 0.29) is 0 Å². The van der Waals surface area contributed by atoms with Crippen molar-refractivity contribution in [1.29, 1.82) is 0 Å². The summed E-state index contributed by atoms with van der Waals surface area (Å²) in [5.41, 5.74) is 0. The molecule has 0 aromatic rings. The summed E-state index contributed by atoms with van der Waals surface area (Å²) in [6, 6.07) is 0. The molecule has 0 saturated carbocycles. The van der Waals surface area contributed by atoms with Crippen LogP contribution in [-0.2, 0) is 11.8 Å². The Kier molecular flexibility index (Phi) is 4.61. The first kappa shape index (κ1) is 5.32. The molecular weight excluding hydrogens is 97.9 g/mol. The van der Waals surface area contributed by atoms with Crippen LogP contribution in [0.1, 0.15) is 0 Å². The summed E-state index contributed by atoms with van der Waals surface area (Å²) in [7, 11) is 0. The van der Waals surface area contributed by atoms with Crippen LogP contribution in [0.3, 0.4) is 0 Å². The van der Waals surface area contributed by atoms with Crippen LogP contribution in [0.2, 0.25) is 0 Å². The third-order valence-electron chi connectivity index (χ3n) is 0.186. The molecule has 0 saturated heterocycles. The topological polar surface area (TPSA) is 0 Å². The third-order valence-corrected chi connectivity index (χ3v) is 0.966. The minimum absolute atomic E-state index is 0.498. The third kappa shape index (κ3) is 4.32. The van der Waals surface area contributed by atoms with E-state index in [1.807, 2.05) is 6.62 Å². The van der Waals surface area contributed by atoms with Gasteiger partial charge >= 0.3 is 37.8 Å². The van der Waals surface area contributed by atoms with Crippen LogP contribution in [0.5, 0.6) is 0 Å². The quantitative estimate of drug-likeness (QED) is 0.350. The molecule has 0 aliphatic carbocycles. The molecule has 0 fully saturated rings. The van der Waals surface area contributed by atoms with Gasteiger partial charge < -0.3 is 0 Å². The van der Waals surface area contributed by atoms with E-state index in [2.05, 4.69) is 18.4 Å². The molecule has 0 nitrogen and oxygen atoms in total. The van der Waals surface area contributed by atoms with Crippen LogP contribution in [0.15, 0.2) is 12.6 Å². The van der Waals surface area contributed by atoms with Gasteiger partial charge in [-0.3, -0.25) is 0 Å². The van der Waals surface area contributed by atoms with Gasteiger partial charge in [0.05, 0.1) is 0 Å². The van der Waals surface area contributed by atoms with Crippen LogP contribution < -0.4 is 0 Å². The molecule has 0 amide bonds. The Morgan fingerprint density at radius 3 is 2.60 bits per heavy atom. The maximum absolute atomic E-state index is 4.55. The fourth-order valence-corrected chi connectivity index (χ4v) is 0.433. The van der Waals surface area contributed by atoms with E-state index in [1.165, 1.54) is 0 Å². The van der Waals surface area contributed by atoms with E-state index in [0.29, 0.717) is 6.85 Å². The van der Waals surface area contributed by atoms with E-state index in [4.69, 9.17) is 0 Å². The van der Waals surface area contributed by atoms with Crippen LogP contribution in [0, 0.1) is 0 Å². The SMILES string of the molecule is C=CB=[PH]=S. The molecule has 26 valence electrons. The molecule has 0 bridgehead atoms. The average Bonchev–Trinajstić information content (AvgIpc) is 1.41. The summed E-state index contributed by atoms with van der Waals surface area (Å²) in [6.07, 6.45) is 0. The van der Waals surface area contributed by atoms with Crippen molar-refractivity contribution in [3.63, 3.8) is 0 Å². The Morgan fingerprint density at radius 2 is 2.60 bits per heavy atom. The second-order valence-electron chi connectivity index (χ2n) is 0.520. The summed E-state index contributed by atoms with van der Waals surface area (Å²) in [6.45, 7) is 5.79. The Hall–Kier alpha value is 0.325. The Balaban J connectivity index is 3.31. The normalized spacial score (nSPS) is 6.40. The minimum atomic E-state index is 0.498. The number of hydrogen-bond acceptors (Lipinski definition) is 1. The van der Waals surface area contributed by atoms with Crippen molar-refractivity contribution in [2.45, 2.75) is 0 Å². The van der Waals surface area contributed by atoms with Crippen molar-refractivity contribution >= 4 is 25.3 Å². The maximum atomic E-state index is 4.55. The zero-order valence-corrected chi connectivity index (χ0v) is 4.59. The second kappa shape index (κ2) is 4.32. The summed E-state index contributed by atoms with van der Waals surface area (Å²) in [4.78, 5) is 0. The van der Waals surface area contributed by atoms with Gasteiger partial charge in [-0.1, -0.05) is 0 Å². The van der Waals surface area contributed by atoms with E-state index in [0.717, 1.165) is 0 Å². The van der Waals surface area contributed by atoms with Crippen molar-refractivity contribution in [3.05, 3.63) is 12.6 Å². The zero-order chi connectivity index (χ0) is 4.12. The fraction of sp³-hybridized carbons (Fsp3) is 0. The number of hydrogen-bond donors (Lipinski definition) is 0. The van der Waals surface area contributed by atoms with Gasteiger partial charge in [0.1, 0.15) is 0 Å². The van der Waals surface area contributed by atoms with E-state index in [1.54, 1.807) is 5.98 Å². The van der Waals surface area contributed by atoms with Crippen LogP contribution in [-0.4, -0.2) is 6.62 Å². The van der Waals surface area contributed by atoms with Crippen molar-refractivity contribution < 1.29 is 0 Å². The van der Waals surface area contributed by atoms with Gasteiger partial charge in [0.2, 0.25) is 0 Å². The zero-order valence-electron chi connectivity index (χ0n) is 2.77. The van der Waals surface area contributed by atoms with Gasteiger partial charge in [-0.2, -0.15) is 0 Å². The molecule has 0 aliphatic rings. The van der Waals surface area contributed by atoms with Crippen molar-refractivity contribution in [3.8, 4) is 0 Å². The van der Waals surface area contributed by atoms with Crippen molar-refractivity contribution in [2.24, 2.45) is 0 Å². The monoisotopic (exact) mass is 102 g/mol. The Bertz CT molecular complexity index is 73.7. The molecule has 0 aromatic carbocycles. The molecule has 3 heteroatoms. The van der Waals surface area contributed by atoms with E-state index < -0.39 is 0 Å². The molecule has 5 heavy (non-hydrogen) atoms. The van der Waals surface area contributed by atoms with Gasteiger partial charge in [-0.25, -0.2) is 0 Å². The first-order valence-electron chi connectivity index (χ1n) is 1.23. The van der Waals surface area contributed by atoms with Crippen LogP contribution >= 0.6 is 6.85 Å². The predicted octanol–water partition coefficient (Wildman–Crippen LogP) is 0.889. The molecule has 0 spiro atoms. The van der Waals surface area contributed by atoms with Crippen molar-refractivity contribution in [1.82, 2.24) is 0 Å². The summed E-state index contributed by atoms with van der Waals surface area (Å²) in [5, 5.41) is 0. The van der Waals surface area contributed by atoms with Crippen LogP contribution in [0.25, 0.3) is 0 Å². The molecule has 1 atom stereocenters. The van der Waals surface area contributed by atoms with Gasteiger partial charge in [0.25, 0.3) is 0 Å². The van der Waals surface area contributed by atoms with Crippen LogP contribution in [0.4, 0.5) is 0 Å². The number of rotatable bonds is 1. The standard InChI is InChI=1S/C2H4BPS/c1-2-3-4-5/h2,4H,1H2. The first-order chi connectivity index (χ1) is 2.41. The fourth-order valence-electron chi connectivity index (χ4n) is 0.0481. The Morgan fingerprint density at radius 1 is 2.00 bits per heavy atom. The predicted molar refractivity (Wildman–Crippen MR) is 31.6 cm³/mol. The van der Waals surface area contributed by atoms with Crippen molar-refractivity contribution in [2.75, 3.05) is 0 Å². The molecule has 0 N–H and O–H groups in total. The van der Waals surface area contributed by atoms with E-state index in [9.17, 15) is 0 Å². The molecule has 0 aliphatic heterocycles. The summed E-state index contributed by atoms with van der Waals surface area (Å²) in [5.74, 6) is 1.71.